The van der Waals surface area contributed by atoms with Crippen molar-refractivity contribution in [2.75, 3.05) is 13.2 Å². The van der Waals surface area contributed by atoms with Crippen LogP contribution in [0.1, 0.15) is 35.7 Å². The smallest absolute Gasteiger partial charge is 0.338 e. The average molecular weight is 251 g/mol. The van der Waals surface area contributed by atoms with E-state index in [9.17, 15) is 4.79 Å². The van der Waals surface area contributed by atoms with Gasteiger partial charge in [0.25, 0.3) is 0 Å². The van der Waals surface area contributed by atoms with Crippen LogP contribution in [-0.2, 0) is 11.2 Å². The van der Waals surface area contributed by atoms with E-state index in [0.717, 1.165) is 24.8 Å². The second kappa shape index (κ2) is 7.84. The fourth-order valence-electron chi connectivity index (χ4n) is 1.68. The number of hydrogen-bond donors (Lipinski definition) is 2. The molecular weight excluding hydrogens is 230 g/mol. The predicted octanol–water partition coefficient (Wildman–Crippen LogP) is 1.51. The lowest BCUT2D eigenvalue weighted by Crippen LogP contribution is -2.24. The van der Waals surface area contributed by atoms with E-state index in [-0.39, 0.29) is 18.6 Å². The molecule has 18 heavy (non-hydrogen) atoms. The summed E-state index contributed by atoms with van der Waals surface area (Å²) in [4.78, 5) is 11.4. The Labute approximate surface area is 108 Å². The molecule has 1 aromatic carbocycles. The van der Waals surface area contributed by atoms with E-state index in [1.807, 2.05) is 12.1 Å². The zero-order valence-electron chi connectivity index (χ0n) is 10.8. The molecule has 0 aromatic heterocycles. The van der Waals surface area contributed by atoms with Crippen LogP contribution in [0.2, 0.25) is 0 Å². The van der Waals surface area contributed by atoms with Crippen LogP contribution in [0, 0.1) is 0 Å². The summed E-state index contributed by atoms with van der Waals surface area (Å²) in [5.41, 5.74) is 7.36. The third-order valence-electron chi connectivity index (χ3n) is 2.74. The molecule has 0 spiro atoms. The molecule has 1 rings (SSSR count). The highest BCUT2D eigenvalue weighted by Gasteiger charge is 2.06. The number of carbonyl (C=O) groups is 1. The first-order valence-corrected chi connectivity index (χ1v) is 6.30. The van der Waals surface area contributed by atoms with E-state index >= 15 is 0 Å². The molecule has 0 bridgehead atoms. The first kappa shape index (κ1) is 14.7. The zero-order chi connectivity index (χ0) is 13.4. The summed E-state index contributed by atoms with van der Waals surface area (Å²) in [5.74, 6) is -0.286. The number of benzene rings is 1. The lowest BCUT2D eigenvalue weighted by atomic mass is 10.0. The van der Waals surface area contributed by atoms with Crippen molar-refractivity contribution < 1.29 is 14.6 Å². The average Bonchev–Trinajstić information content (AvgIpc) is 2.39. The van der Waals surface area contributed by atoms with Crippen LogP contribution in [0.15, 0.2) is 24.3 Å². The number of esters is 1. The van der Waals surface area contributed by atoms with Gasteiger partial charge in [0.2, 0.25) is 0 Å². The number of rotatable bonds is 7. The van der Waals surface area contributed by atoms with Crippen molar-refractivity contribution in [2.24, 2.45) is 5.73 Å². The van der Waals surface area contributed by atoms with Crippen molar-refractivity contribution in [3.05, 3.63) is 35.4 Å². The Balaban J connectivity index is 2.43. The molecule has 4 heteroatoms. The van der Waals surface area contributed by atoms with Crippen LogP contribution in [0.4, 0.5) is 0 Å². The Bertz CT molecular complexity index is 362. The van der Waals surface area contributed by atoms with Crippen molar-refractivity contribution in [3.63, 3.8) is 0 Å². The number of aliphatic hydroxyl groups is 1. The molecule has 0 amide bonds. The van der Waals surface area contributed by atoms with E-state index in [0.29, 0.717) is 12.2 Å². The van der Waals surface area contributed by atoms with E-state index in [2.05, 4.69) is 0 Å². The first-order valence-electron chi connectivity index (χ1n) is 6.30. The molecule has 0 saturated carbocycles. The molecule has 1 aromatic rings. The van der Waals surface area contributed by atoms with Gasteiger partial charge in [-0.3, -0.25) is 0 Å². The van der Waals surface area contributed by atoms with E-state index in [4.69, 9.17) is 15.6 Å². The van der Waals surface area contributed by atoms with Crippen LogP contribution in [0.3, 0.4) is 0 Å². The molecule has 4 nitrogen and oxygen atoms in total. The molecule has 0 heterocycles. The number of hydrogen-bond acceptors (Lipinski definition) is 4. The Morgan fingerprint density at radius 2 is 2.06 bits per heavy atom. The first-order chi connectivity index (χ1) is 8.67. The van der Waals surface area contributed by atoms with E-state index in [1.54, 1.807) is 19.1 Å². The van der Waals surface area contributed by atoms with Crippen LogP contribution >= 0.6 is 0 Å². The van der Waals surface area contributed by atoms with Gasteiger partial charge in [0.1, 0.15) is 0 Å². The third kappa shape index (κ3) is 4.85. The fourth-order valence-corrected chi connectivity index (χ4v) is 1.68. The number of carbonyl (C=O) groups excluding carboxylic acids is 1. The predicted molar refractivity (Wildman–Crippen MR) is 70.4 cm³/mol. The minimum atomic E-state index is -0.286. The molecule has 1 unspecified atom stereocenters. The SMILES string of the molecule is CCOC(=O)c1ccc(CCCC(N)CO)cc1. The quantitative estimate of drug-likeness (QED) is 0.720. The van der Waals surface area contributed by atoms with Crippen LogP contribution in [0.25, 0.3) is 0 Å². The maximum Gasteiger partial charge on any atom is 0.338 e. The largest absolute Gasteiger partial charge is 0.462 e. The van der Waals surface area contributed by atoms with Gasteiger partial charge in [-0.15, -0.1) is 0 Å². The topological polar surface area (TPSA) is 72.5 Å². The number of aliphatic hydroxyl groups excluding tert-OH is 1. The lowest BCUT2D eigenvalue weighted by molar-refractivity contribution is 0.0526. The van der Waals surface area contributed by atoms with Gasteiger partial charge in [0.15, 0.2) is 0 Å². The molecular formula is C14H21NO3. The Morgan fingerprint density at radius 1 is 1.39 bits per heavy atom. The molecule has 1 atom stereocenters. The summed E-state index contributed by atoms with van der Waals surface area (Å²) in [7, 11) is 0. The summed E-state index contributed by atoms with van der Waals surface area (Å²) >= 11 is 0. The molecule has 0 aliphatic rings. The van der Waals surface area contributed by atoms with Gasteiger partial charge in [-0.25, -0.2) is 4.79 Å². The van der Waals surface area contributed by atoms with Crippen LogP contribution < -0.4 is 5.73 Å². The van der Waals surface area contributed by atoms with Gasteiger partial charge in [0.05, 0.1) is 18.8 Å². The van der Waals surface area contributed by atoms with Gasteiger partial charge in [0, 0.05) is 6.04 Å². The standard InChI is InChI=1S/C14H21NO3/c1-2-18-14(17)12-8-6-11(7-9-12)4-3-5-13(15)10-16/h6-9,13,16H,2-5,10,15H2,1H3. The Morgan fingerprint density at radius 3 is 2.61 bits per heavy atom. The highest BCUT2D eigenvalue weighted by molar-refractivity contribution is 5.89. The monoisotopic (exact) mass is 251 g/mol. The zero-order valence-corrected chi connectivity index (χ0v) is 10.8. The molecule has 0 aliphatic carbocycles. The second-order valence-electron chi connectivity index (χ2n) is 4.25. The summed E-state index contributed by atoms with van der Waals surface area (Å²) < 4.78 is 4.91. The fraction of sp³-hybridized carbons (Fsp3) is 0.500. The lowest BCUT2D eigenvalue weighted by Gasteiger charge is -2.07. The van der Waals surface area contributed by atoms with Gasteiger partial charge < -0.3 is 15.6 Å². The van der Waals surface area contributed by atoms with Crippen molar-refractivity contribution in [2.45, 2.75) is 32.2 Å². The summed E-state index contributed by atoms with van der Waals surface area (Å²) in [6.07, 6.45) is 2.63. The van der Waals surface area contributed by atoms with E-state index < -0.39 is 0 Å². The molecule has 0 aliphatic heterocycles. The summed E-state index contributed by atoms with van der Waals surface area (Å²) in [6.45, 7) is 2.21. The maximum absolute atomic E-state index is 11.4. The summed E-state index contributed by atoms with van der Waals surface area (Å²) in [5, 5.41) is 8.80. The molecule has 3 N–H and O–H groups in total. The number of nitrogens with two attached hydrogens (primary N) is 1. The van der Waals surface area contributed by atoms with Crippen LogP contribution in [-0.4, -0.2) is 30.3 Å². The van der Waals surface area contributed by atoms with Crippen molar-refractivity contribution in [1.29, 1.82) is 0 Å². The van der Waals surface area contributed by atoms with Crippen molar-refractivity contribution >= 4 is 5.97 Å². The van der Waals surface area contributed by atoms with E-state index in [1.165, 1.54) is 0 Å². The summed E-state index contributed by atoms with van der Waals surface area (Å²) in [6, 6.07) is 7.27. The normalized spacial score (nSPS) is 12.2. The van der Waals surface area contributed by atoms with Gasteiger partial charge in [-0.1, -0.05) is 12.1 Å². The Kier molecular flexibility index (Phi) is 6.39. The minimum Gasteiger partial charge on any atom is -0.462 e. The second-order valence-corrected chi connectivity index (χ2v) is 4.25. The number of aryl methyl sites for hydroxylation is 1. The van der Waals surface area contributed by atoms with Gasteiger partial charge in [-0.05, 0) is 43.9 Å². The highest BCUT2D eigenvalue weighted by atomic mass is 16.5. The third-order valence-corrected chi connectivity index (χ3v) is 2.74. The molecule has 0 radical (unpaired) electrons. The van der Waals surface area contributed by atoms with Crippen molar-refractivity contribution in [1.82, 2.24) is 0 Å². The molecule has 0 fully saturated rings. The van der Waals surface area contributed by atoms with Crippen molar-refractivity contribution in [3.8, 4) is 0 Å². The van der Waals surface area contributed by atoms with Gasteiger partial charge in [-0.2, -0.15) is 0 Å². The van der Waals surface area contributed by atoms with Gasteiger partial charge >= 0.3 is 5.97 Å². The molecule has 100 valence electrons. The molecule has 0 saturated heterocycles. The number of ether oxygens (including phenoxy) is 1. The maximum atomic E-state index is 11.4. The Hall–Kier alpha value is -1.39. The highest BCUT2D eigenvalue weighted by Crippen LogP contribution is 2.09. The minimum absolute atomic E-state index is 0.0296. The van der Waals surface area contributed by atoms with Crippen LogP contribution in [0.5, 0.6) is 0 Å².